The van der Waals surface area contributed by atoms with E-state index in [9.17, 15) is 8.42 Å². The van der Waals surface area contributed by atoms with E-state index in [-0.39, 0.29) is 12.1 Å². The third-order valence-corrected chi connectivity index (χ3v) is 4.88. The number of rotatable bonds is 5. The zero-order valence-electron chi connectivity index (χ0n) is 13.9. The lowest BCUT2D eigenvalue weighted by atomic mass is 10.1. The average Bonchev–Trinajstić information content (AvgIpc) is 2.87. The summed E-state index contributed by atoms with van der Waals surface area (Å²) in [6.45, 7) is 4.62. The SMILES string of the molecule is CC(C)Nc1cnc(N(C)C)nc1[C@@H]1CCCN1S(C)(=O)=O. The smallest absolute Gasteiger partial charge is 0.225 e. The molecule has 0 bridgehead atoms. The van der Waals surface area contributed by atoms with Crippen molar-refractivity contribution in [3.63, 3.8) is 0 Å². The molecule has 124 valence electrons. The van der Waals surface area contributed by atoms with Crippen LogP contribution in [0.5, 0.6) is 0 Å². The molecule has 1 aliphatic heterocycles. The van der Waals surface area contributed by atoms with E-state index in [0.717, 1.165) is 24.2 Å². The molecule has 0 aliphatic carbocycles. The topological polar surface area (TPSA) is 78.4 Å². The van der Waals surface area contributed by atoms with Crippen LogP contribution in [0.2, 0.25) is 0 Å². The molecule has 1 N–H and O–H groups in total. The number of hydrogen-bond donors (Lipinski definition) is 1. The summed E-state index contributed by atoms with van der Waals surface area (Å²) >= 11 is 0. The second-order valence-electron chi connectivity index (χ2n) is 6.19. The van der Waals surface area contributed by atoms with E-state index >= 15 is 0 Å². The molecule has 1 saturated heterocycles. The number of anilines is 2. The molecule has 8 heteroatoms. The summed E-state index contributed by atoms with van der Waals surface area (Å²) in [6.07, 6.45) is 4.63. The number of hydrogen-bond acceptors (Lipinski definition) is 6. The second kappa shape index (κ2) is 6.37. The quantitative estimate of drug-likeness (QED) is 0.882. The van der Waals surface area contributed by atoms with Crippen LogP contribution in [0.1, 0.15) is 38.4 Å². The van der Waals surface area contributed by atoms with Crippen molar-refractivity contribution >= 4 is 21.7 Å². The van der Waals surface area contributed by atoms with Gasteiger partial charge in [0.2, 0.25) is 16.0 Å². The highest BCUT2D eigenvalue weighted by atomic mass is 32.2. The average molecular weight is 327 g/mol. The molecule has 0 spiro atoms. The van der Waals surface area contributed by atoms with Gasteiger partial charge in [-0.15, -0.1) is 0 Å². The van der Waals surface area contributed by atoms with Gasteiger partial charge in [-0.05, 0) is 26.7 Å². The van der Waals surface area contributed by atoms with Gasteiger partial charge in [0, 0.05) is 26.7 Å². The lowest BCUT2D eigenvalue weighted by molar-refractivity contribution is 0.394. The monoisotopic (exact) mass is 327 g/mol. The number of nitrogens with zero attached hydrogens (tertiary/aromatic N) is 4. The highest BCUT2D eigenvalue weighted by Gasteiger charge is 2.35. The Morgan fingerprint density at radius 3 is 2.64 bits per heavy atom. The van der Waals surface area contributed by atoms with E-state index in [2.05, 4.69) is 15.3 Å². The van der Waals surface area contributed by atoms with Crippen LogP contribution in [-0.2, 0) is 10.0 Å². The number of aromatic nitrogens is 2. The summed E-state index contributed by atoms with van der Waals surface area (Å²) in [4.78, 5) is 10.8. The summed E-state index contributed by atoms with van der Waals surface area (Å²) in [5, 5.41) is 3.32. The fourth-order valence-electron chi connectivity index (χ4n) is 2.69. The van der Waals surface area contributed by atoms with Gasteiger partial charge in [-0.1, -0.05) is 0 Å². The van der Waals surface area contributed by atoms with Crippen LogP contribution >= 0.6 is 0 Å². The van der Waals surface area contributed by atoms with Crippen LogP contribution in [0.15, 0.2) is 6.20 Å². The van der Waals surface area contributed by atoms with E-state index in [4.69, 9.17) is 0 Å². The van der Waals surface area contributed by atoms with Crippen molar-refractivity contribution in [2.24, 2.45) is 0 Å². The van der Waals surface area contributed by atoms with Crippen LogP contribution in [-0.4, -0.2) is 55.6 Å². The predicted molar refractivity (Wildman–Crippen MR) is 88.6 cm³/mol. The fourth-order valence-corrected chi connectivity index (χ4v) is 3.82. The highest BCUT2D eigenvalue weighted by molar-refractivity contribution is 7.88. The Balaban J connectivity index is 2.48. The van der Waals surface area contributed by atoms with E-state index in [1.807, 2.05) is 32.8 Å². The first-order valence-corrected chi connectivity index (χ1v) is 9.32. The van der Waals surface area contributed by atoms with Gasteiger partial charge in [0.05, 0.1) is 29.9 Å². The first-order valence-electron chi connectivity index (χ1n) is 7.47. The minimum Gasteiger partial charge on any atom is -0.380 e. The van der Waals surface area contributed by atoms with Gasteiger partial charge in [-0.25, -0.2) is 18.4 Å². The summed E-state index contributed by atoms with van der Waals surface area (Å²) < 4.78 is 25.6. The molecule has 0 unspecified atom stereocenters. The van der Waals surface area contributed by atoms with Gasteiger partial charge in [-0.3, -0.25) is 0 Å². The summed E-state index contributed by atoms with van der Waals surface area (Å²) in [6, 6.07) is -0.00130. The van der Waals surface area contributed by atoms with Gasteiger partial charge in [0.25, 0.3) is 0 Å². The third kappa shape index (κ3) is 3.67. The van der Waals surface area contributed by atoms with Crippen LogP contribution in [0.3, 0.4) is 0 Å². The van der Waals surface area contributed by atoms with Gasteiger partial charge >= 0.3 is 0 Å². The Kier molecular flexibility index (Phi) is 4.91. The molecular formula is C14H25N5O2S. The van der Waals surface area contributed by atoms with Crippen LogP contribution in [0.4, 0.5) is 11.6 Å². The Hall–Kier alpha value is -1.41. The molecule has 0 amide bonds. The van der Waals surface area contributed by atoms with Crippen molar-refractivity contribution in [3.05, 3.63) is 11.9 Å². The van der Waals surface area contributed by atoms with Crippen molar-refractivity contribution in [1.29, 1.82) is 0 Å². The van der Waals surface area contributed by atoms with E-state index in [1.54, 1.807) is 10.5 Å². The minimum absolute atomic E-state index is 0.223. The standard InChI is InChI=1S/C14H25N5O2S/c1-10(2)16-11-9-15-14(18(3)4)17-13(11)12-7-6-8-19(12)22(5,20)21/h9-10,12,16H,6-8H2,1-5H3/t12-/m0/s1. The van der Waals surface area contributed by atoms with Crippen molar-refractivity contribution in [2.45, 2.75) is 38.8 Å². The molecular weight excluding hydrogens is 302 g/mol. The van der Waals surface area contributed by atoms with Crippen LogP contribution < -0.4 is 10.2 Å². The summed E-state index contributed by atoms with van der Waals surface area (Å²) in [7, 11) is 0.499. The Morgan fingerprint density at radius 2 is 2.09 bits per heavy atom. The normalized spacial score (nSPS) is 19.6. The van der Waals surface area contributed by atoms with Crippen LogP contribution in [0, 0.1) is 0 Å². The molecule has 0 radical (unpaired) electrons. The molecule has 1 atom stereocenters. The first kappa shape index (κ1) is 17.0. The molecule has 2 heterocycles. The zero-order valence-corrected chi connectivity index (χ0v) is 14.7. The molecule has 22 heavy (non-hydrogen) atoms. The number of nitrogens with one attached hydrogen (secondary N) is 1. The highest BCUT2D eigenvalue weighted by Crippen LogP contribution is 2.36. The van der Waals surface area contributed by atoms with E-state index in [0.29, 0.717) is 12.5 Å². The predicted octanol–water partition coefficient (Wildman–Crippen LogP) is 1.46. The Bertz CT molecular complexity index is 630. The van der Waals surface area contributed by atoms with E-state index in [1.165, 1.54) is 6.26 Å². The third-order valence-electron chi connectivity index (χ3n) is 3.60. The van der Waals surface area contributed by atoms with Gasteiger partial charge in [0.1, 0.15) is 0 Å². The Labute approximate surface area is 132 Å². The molecule has 1 aromatic rings. The number of sulfonamides is 1. The maximum absolute atomic E-state index is 12.0. The first-order chi connectivity index (χ1) is 10.2. The largest absolute Gasteiger partial charge is 0.380 e. The molecule has 2 rings (SSSR count). The van der Waals surface area contributed by atoms with Crippen LogP contribution in [0.25, 0.3) is 0 Å². The van der Waals surface area contributed by atoms with Crippen molar-refractivity contribution in [3.8, 4) is 0 Å². The van der Waals surface area contributed by atoms with E-state index < -0.39 is 10.0 Å². The summed E-state index contributed by atoms with van der Waals surface area (Å²) in [5.41, 5.74) is 1.57. The van der Waals surface area contributed by atoms with Gasteiger partial charge in [-0.2, -0.15) is 4.31 Å². The maximum Gasteiger partial charge on any atom is 0.225 e. The zero-order chi connectivity index (χ0) is 16.5. The minimum atomic E-state index is -3.25. The van der Waals surface area contributed by atoms with Crippen molar-refractivity contribution < 1.29 is 8.42 Å². The second-order valence-corrected chi connectivity index (χ2v) is 8.13. The molecule has 7 nitrogen and oxygen atoms in total. The van der Waals surface area contributed by atoms with Gasteiger partial charge < -0.3 is 10.2 Å². The summed E-state index contributed by atoms with van der Waals surface area (Å²) in [5.74, 6) is 0.588. The lowest BCUT2D eigenvalue weighted by Crippen LogP contribution is -2.31. The molecule has 0 aromatic carbocycles. The molecule has 0 saturated carbocycles. The molecule has 1 aromatic heterocycles. The molecule has 1 aliphatic rings. The lowest BCUT2D eigenvalue weighted by Gasteiger charge is -2.25. The molecule has 1 fully saturated rings. The fraction of sp³-hybridized carbons (Fsp3) is 0.714. The Morgan fingerprint density at radius 1 is 1.41 bits per heavy atom. The van der Waals surface area contributed by atoms with Crippen molar-refractivity contribution in [1.82, 2.24) is 14.3 Å². The maximum atomic E-state index is 12.0. The van der Waals surface area contributed by atoms with Crippen molar-refractivity contribution in [2.75, 3.05) is 37.1 Å². The van der Waals surface area contributed by atoms with Gasteiger partial charge in [0.15, 0.2) is 0 Å².